The Morgan fingerprint density at radius 2 is 0.942 bits per heavy atom. The van der Waals surface area contributed by atoms with Crippen LogP contribution in [0.15, 0.2) is 60.7 Å². The molecule has 0 aliphatic rings. The maximum Gasteiger partial charge on any atom is 0.326 e. The lowest BCUT2D eigenvalue weighted by atomic mass is 9.96. The number of nitrogens with two attached hydrogens (primary N) is 1. The largest absolute Gasteiger partial charge is 0.480 e. The van der Waals surface area contributed by atoms with E-state index in [0.29, 0.717) is 17.5 Å². The number of carboxylic acid groups (broad SMARTS) is 1. The fourth-order valence-corrected chi connectivity index (χ4v) is 7.22. The molecule has 0 bridgehead atoms. The number of carbonyl (C=O) groups is 9. The topological polar surface area (TPSA) is 316 Å². The Hall–Kier alpha value is -6.41. The summed E-state index contributed by atoms with van der Waals surface area (Å²) in [5, 5.41) is 41.0. The Bertz CT molecular complexity index is 2020. The van der Waals surface area contributed by atoms with Crippen LogP contribution in [0.5, 0.6) is 0 Å². The molecule has 20 nitrogen and oxygen atoms in total. The second-order valence-electron chi connectivity index (χ2n) is 18.6. The third-order valence-corrected chi connectivity index (χ3v) is 11.2. The van der Waals surface area contributed by atoms with E-state index in [2.05, 4.69) is 42.5 Å². The third kappa shape index (κ3) is 20.8. The van der Waals surface area contributed by atoms with Crippen LogP contribution in [0.25, 0.3) is 0 Å². The number of aliphatic hydroxyl groups excluding tert-OH is 1. The molecule has 69 heavy (non-hydrogen) atoms. The molecule has 2 aromatic rings. The Kier molecular flexibility index (Phi) is 25.1. The van der Waals surface area contributed by atoms with Gasteiger partial charge in [-0.15, -0.1) is 0 Å². The van der Waals surface area contributed by atoms with Gasteiger partial charge in [-0.25, -0.2) is 4.79 Å². The quantitative estimate of drug-likeness (QED) is 0.0521. The van der Waals surface area contributed by atoms with Crippen molar-refractivity contribution in [2.24, 2.45) is 29.4 Å². The van der Waals surface area contributed by atoms with Crippen molar-refractivity contribution in [3.8, 4) is 0 Å². The minimum absolute atomic E-state index is 0.0297. The lowest BCUT2D eigenvalue weighted by Gasteiger charge is -2.29. The summed E-state index contributed by atoms with van der Waals surface area (Å²) in [5.41, 5.74) is 6.73. The molecule has 8 amide bonds. The molecule has 2 aromatic carbocycles. The minimum atomic E-state index is -1.60. The first-order valence-electron chi connectivity index (χ1n) is 23.5. The van der Waals surface area contributed by atoms with Gasteiger partial charge in [0.2, 0.25) is 47.3 Å². The molecule has 2 unspecified atom stereocenters. The number of benzene rings is 2. The van der Waals surface area contributed by atoms with Crippen LogP contribution in [0.1, 0.15) is 92.7 Å². The monoisotopic (exact) mass is 966 g/mol. The summed E-state index contributed by atoms with van der Waals surface area (Å²) < 4.78 is 0. The number of carbonyl (C=O) groups excluding carboxylic acids is 8. The number of nitrogens with one attached hydrogen (secondary N) is 8. The molecule has 2 rings (SSSR count). The maximum absolute atomic E-state index is 14.2. The predicted octanol–water partition coefficient (Wildman–Crippen LogP) is 0.200. The molecule has 0 saturated carbocycles. The molecule has 9 atom stereocenters. The molecule has 382 valence electrons. The number of carboxylic acids is 1. The molecule has 12 N–H and O–H groups in total. The Morgan fingerprint density at radius 3 is 1.39 bits per heavy atom. The van der Waals surface area contributed by atoms with Crippen LogP contribution in [0.4, 0.5) is 0 Å². The fourth-order valence-electron chi connectivity index (χ4n) is 7.22. The van der Waals surface area contributed by atoms with Crippen LogP contribution >= 0.6 is 0 Å². The maximum atomic E-state index is 14.2. The van der Waals surface area contributed by atoms with Crippen molar-refractivity contribution in [2.45, 2.75) is 143 Å². The van der Waals surface area contributed by atoms with Gasteiger partial charge >= 0.3 is 5.97 Å². The molecule has 0 radical (unpaired) electrons. The molecular formula is C49H75N9O11. The van der Waals surface area contributed by atoms with E-state index >= 15 is 0 Å². The van der Waals surface area contributed by atoms with Crippen LogP contribution in [0, 0.1) is 23.7 Å². The second kappa shape index (κ2) is 29.5. The third-order valence-electron chi connectivity index (χ3n) is 11.2. The number of amides is 8. The zero-order valence-electron chi connectivity index (χ0n) is 41.3. The van der Waals surface area contributed by atoms with Crippen molar-refractivity contribution in [3.63, 3.8) is 0 Å². The van der Waals surface area contributed by atoms with Gasteiger partial charge in [-0.2, -0.15) is 0 Å². The van der Waals surface area contributed by atoms with E-state index in [-0.39, 0.29) is 50.0 Å². The summed E-state index contributed by atoms with van der Waals surface area (Å²) in [7, 11) is 0. The van der Waals surface area contributed by atoms with E-state index in [1.54, 1.807) is 95.3 Å². The highest BCUT2D eigenvalue weighted by atomic mass is 16.4. The van der Waals surface area contributed by atoms with E-state index in [1.165, 1.54) is 6.92 Å². The Labute approximate surface area is 405 Å². The first kappa shape index (κ1) is 58.7. The van der Waals surface area contributed by atoms with Gasteiger partial charge in [0.1, 0.15) is 42.3 Å². The minimum Gasteiger partial charge on any atom is -0.480 e. The van der Waals surface area contributed by atoms with Gasteiger partial charge in [0.05, 0.1) is 19.2 Å². The van der Waals surface area contributed by atoms with Gasteiger partial charge in [-0.1, -0.05) is 122 Å². The van der Waals surface area contributed by atoms with Gasteiger partial charge < -0.3 is 58.5 Å². The number of aliphatic hydroxyl groups is 1. The zero-order valence-corrected chi connectivity index (χ0v) is 41.3. The Morgan fingerprint density at radius 1 is 0.507 bits per heavy atom. The van der Waals surface area contributed by atoms with Crippen molar-refractivity contribution < 1.29 is 53.4 Å². The molecule has 0 aromatic heterocycles. The smallest absolute Gasteiger partial charge is 0.326 e. The van der Waals surface area contributed by atoms with Crippen LogP contribution in [0.3, 0.4) is 0 Å². The van der Waals surface area contributed by atoms with E-state index in [4.69, 9.17) is 5.73 Å². The highest BCUT2D eigenvalue weighted by Crippen LogP contribution is 2.13. The summed E-state index contributed by atoms with van der Waals surface area (Å²) in [6, 6.07) is 8.49. The summed E-state index contributed by atoms with van der Waals surface area (Å²) in [5.74, 6) is -8.28. The first-order chi connectivity index (χ1) is 32.5. The van der Waals surface area contributed by atoms with Crippen LogP contribution in [-0.4, -0.2) is 125 Å². The van der Waals surface area contributed by atoms with E-state index in [0.717, 1.165) is 0 Å². The molecule has 20 heteroatoms. The summed E-state index contributed by atoms with van der Waals surface area (Å²) >= 11 is 0. The SMILES string of the molecule is CCC(C)[C@H](NC(=O)CN)C(=O)N[C@@H](CC(C)C)C(=O)NCC(=O)N[C@@H](Cc1ccccc1)C(=O)N[C@H](C(=O)N[C@@H](Cc1ccccc1)C(=O)N[C@H](C(=O)N[C@@H](CC(C)C)C(=O)O)C(C)O)C(C)C. The number of rotatable bonds is 29. The van der Waals surface area contributed by atoms with Gasteiger partial charge in [-0.05, 0) is 54.6 Å². The van der Waals surface area contributed by atoms with Crippen LogP contribution < -0.4 is 48.3 Å². The first-order valence-corrected chi connectivity index (χ1v) is 23.5. The van der Waals surface area contributed by atoms with Crippen molar-refractivity contribution in [3.05, 3.63) is 71.8 Å². The summed E-state index contributed by atoms with van der Waals surface area (Å²) in [6.07, 6.45) is -0.763. The average molecular weight is 966 g/mol. The van der Waals surface area contributed by atoms with Crippen molar-refractivity contribution >= 4 is 53.2 Å². The molecule has 0 spiro atoms. The average Bonchev–Trinajstić information content (AvgIpc) is 3.29. The zero-order chi connectivity index (χ0) is 52.0. The number of hydrogen-bond acceptors (Lipinski definition) is 11. The van der Waals surface area contributed by atoms with Crippen molar-refractivity contribution in [2.75, 3.05) is 13.1 Å². The fraction of sp³-hybridized carbons (Fsp3) is 0.571. The summed E-state index contributed by atoms with van der Waals surface area (Å²) in [6.45, 7) is 14.5. The normalized spacial score (nSPS) is 15.2. The lowest BCUT2D eigenvalue weighted by molar-refractivity contribution is -0.143. The number of aliphatic carboxylic acids is 1. The predicted molar refractivity (Wildman–Crippen MR) is 258 cm³/mol. The molecule has 0 aliphatic heterocycles. The van der Waals surface area contributed by atoms with E-state index in [9.17, 15) is 53.4 Å². The van der Waals surface area contributed by atoms with Crippen molar-refractivity contribution in [1.82, 2.24) is 42.5 Å². The van der Waals surface area contributed by atoms with Crippen molar-refractivity contribution in [1.29, 1.82) is 0 Å². The molecule has 0 saturated heterocycles. The van der Waals surface area contributed by atoms with Crippen LogP contribution in [0.2, 0.25) is 0 Å². The molecular weight excluding hydrogens is 891 g/mol. The van der Waals surface area contributed by atoms with Gasteiger partial charge in [0.15, 0.2) is 0 Å². The van der Waals surface area contributed by atoms with E-state index in [1.807, 2.05) is 20.8 Å². The number of hydrogen-bond donors (Lipinski definition) is 11. The van der Waals surface area contributed by atoms with E-state index < -0.39 is 114 Å². The van der Waals surface area contributed by atoms with Gasteiger partial charge in [-0.3, -0.25) is 38.4 Å². The van der Waals surface area contributed by atoms with Crippen LogP contribution in [-0.2, 0) is 56.0 Å². The van der Waals surface area contributed by atoms with Gasteiger partial charge in [0.25, 0.3) is 0 Å². The Balaban J connectivity index is 2.35. The molecule has 0 aliphatic carbocycles. The standard InChI is InChI=1S/C49H75N9O11/c1-10-30(8)41(56-38(60)25-50)47(66)53-34(21-27(2)3)43(62)51-26-39(61)52-35(23-32-17-13-11-14-18-32)44(63)57-40(29(6)7)46(65)54-36(24-33-19-15-12-16-20-33)45(64)58-42(31(9)59)48(67)55-37(49(68)69)22-28(4)5/h11-20,27-31,34-37,40-42,59H,10,21-26,50H2,1-9H3,(H,51,62)(H,52,61)(H,53,66)(H,54,65)(H,55,67)(H,56,60)(H,57,63)(H,58,64)(H,68,69)/t30?,31?,34-,35-,36-,37-,40-,41-,42-/m0/s1. The molecule has 0 fully saturated rings. The highest BCUT2D eigenvalue weighted by Gasteiger charge is 2.36. The summed E-state index contributed by atoms with van der Waals surface area (Å²) in [4.78, 5) is 120. The lowest BCUT2D eigenvalue weighted by Crippen LogP contribution is -2.62. The van der Waals surface area contributed by atoms with Gasteiger partial charge in [0, 0.05) is 12.8 Å². The molecule has 0 heterocycles. The second-order valence-corrected chi connectivity index (χ2v) is 18.6. The highest BCUT2D eigenvalue weighted by molar-refractivity contribution is 5.97.